The average molecular weight is 310 g/mol. The highest BCUT2D eigenvalue weighted by atomic mass is 35.5. The van der Waals surface area contributed by atoms with E-state index in [9.17, 15) is 4.79 Å². The van der Waals surface area contributed by atoms with Crippen molar-refractivity contribution in [3.8, 4) is 5.75 Å². The summed E-state index contributed by atoms with van der Waals surface area (Å²) in [5, 5.41) is 0.582. The number of benzene rings is 1. The van der Waals surface area contributed by atoms with Gasteiger partial charge in [-0.1, -0.05) is 35.3 Å². The lowest BCUT2D eigenvalue weighted by molar-refractivity contribution is -0.117. The van der Waals surface area contributed by atoms with Gasteiger partial charge in [0.25, 0.3) is 5.60 Å². The summed E-state index contributed by atoms with van der Waals surface area (Å²) in [4.78, 5) is 15.8. The van der Waals surface area contributed by atoms with E-state index in [1.54, 1.807) is 31.4 Å². The standard InChI is InChI=1S/C14H9Cl2NO3/c1-19-9-4-2-8(3-5-9)14(13(18)20-14)12-10(15)6-17-7-11(12)16/h2-7H,1H3. The van der Waals surface area contributed by atoms with Crippen LogP contribution in [0.3, 0.4) is 0 Å². The molecule has 0 spiro atoms. The summed E-state index contributed by atoms with van der Waals surface area (Å²) in [6.45, 7) is 0. The Morgan fingerprint density at radius 2 is 1.70 bits per heavy atom. The lowest BCUT2D eigenvalue weighted by Gasteiger charge is -2.13. The number of pyridine rings is 1. The van der Waals surface area contributed by atoms with Crippen molar-refractivity contribution in [3.63, 3.8) is 0 Å². The molecule has 6 heteroatoms. The fourth-order valence-corrected chi connectivity index (χ4v) is 2.79. The van der Waals surface area contributed by atoms with E-state index < -0.39 is 11.6 Å². The third kappa shape index (κ3) is 1.84. The number of rotatable bonds is 3. The van der Waals surface area contributed by atoms with E-state index in [0.29, 0.717) is 26.9 Å². The molecule has 1 atom stereocenters. The first kappa shape index (κ1) is 13.2. The van der Waals surface area contributed by atoms with E-state index in [4.69, 9.17) is 32.7 Å². The summed E-state index contributed by atoms with van der Waals surface area (Å²) >= 11 is 12.2. The van der Waals surface area contributed by atoms with E-state index in [1.165, 1.54) is 12.4 Å². The van der Waals surface area contributed by atoms with E-state index in [0.717, 1.165) is 0 Å². The first-order valence-electron chi connectivity index (χ1n) is 5.77. The third-order valence-corrected chi connectivity index (χ3v) is 3.77. The molecule has 102 valence electrons. The molecule has 1 aromatic carbocycles. The molecule has 0 radical (unpaired) electrons. The van der Waals surface area contributed by atoms with Gasteiger partial charge in [0.1, 0.15) is 5.75 Å². The first-order chi connectivity index (χ1) is 9.59. The number of nitrogens with zero attached hydrogens (tertiary/aromatic N) is 1. The quantitative estimate of drug-likeness (QED) is 0.817. The molecule has 1 fully saturated rings. The average Bonchev–Trinajstić information content (AvgIpc) is 3.11. The minimum absolute atomic E-state index is 0.291. The number of halogens is 2. The van der Waals surface area contributed by atoms with Crippen LogP contribution in [-0.4, -0.2) is 18.1 Å². The van der Waals surface area contributed by atoms with Gasteiger partial charge in [0.05, 0.1) is 22.7 Å². The molecule has 0 aliphatic carbocycles. The molecule has 3 rings (SSSR count). The van der Waals surface area contributed by atoms with Gasteiger partial charge in [-0.2, -0.15) is 0 Å². The van der Waals surface area contributed by atoms with Crippen molar-refractivity contribution in [1.82, 2.24) is 4.98 Å². The lowest BCUT2D eigenvalue weighted by Crippen LogP contribution is -2.14. The highest BCUT2D eigenvalue weighted by molar-refractivity contribution is 6.36. The van der Waals surface area contributed by atoms with Crippen molar-refractivity contribution in [2.45, 2.75) is 5.60 Å². The number of carbonyl (C=O) groups excluding carboxylic acids is 1. The smallest absolute Gasteiger partial charge is 0.362 e. The second kappa shape index (κ2) is 4.65. The van der Waals surface area contributed by atoms with Crippen LogP contribution in [0.1, 0.15) is 11.1 Å². The largest absolute Gasteiger partial charge is 0.497 e. The van der Waals surface area contributed by atoms with Crippen LogP contribution in [0.15, 0.2) is 36.7 Å². The Bertz CT molecular complexity index is 667. The van der Waals surface area contributed by atoms with E-state index in [-0.39, 0.29) is 0 Å². The van der Waals surface area contributed by atoms with Crippen molar-refractivity contribution < 1.29 is 14.3 Å². The molecule has 4 nitrogen and oxygen atoms in total. The molecule has 0 saturated carbocycles. The second-order valence-electron chi connectivity index (χ2n) is 4.28. The predicted octanol–water partition coefficient (Wildman–Crippen LogP) is 3.20. The summed E-state index contributed by atoms with van der Waals surface area (Å²) in [5.41, 5.74) is -0.159. The first-order valence-corrected chi connectivity index (χ1v) is 6.52. The Labute approximate surface area is 125 Å². The molecule has 2 aromatic rings. The maximum absolute atomic E-state index is 11.9. The molecular formula is C14H9Cl2NO3. The molecule has 1 unspecified atom stereocenters. The van der Waals surface area contributed by atoms with Crippen molar-refractivity contribution in [2.24, 2.45) is 0 Å². The molecule has 20 heavy (non-hydrogen) atoms. The van der Waals surface area contributed by atoms with Crippen molar-refractivity contribution in [2.75, 3.05) is 7.11 Å². The zero-order valence-corrected chi connectivity index (χ0v) is 11.9. The molecule has 0 bridgehead atoms. The number of ether oxygens (including phenoxy) is 2. The Morgan fingerprint density at radius 3 is 2.15 bits per heavy atom. The van der Waals surface area contributed by atoms with Gasteiger partial charge in [-0.3, -0.25) is 4.98 Å². The monoisotopic (exact) mass is 309 g/mol. The fourth-order valence-electron chi connectivity index (χ4n) is 2.16. The normalized spacial score (nSPS) is 20.4. The molecule has 2 heterocycles. The fraction of sp³-hybridized carbons (Fsp3) is 0.143. The van der Waals surface area contributed by atoms with Crippen LogP contribution in [0.4, 0.5) is 0 Å². The molecule has 1 aliphatic heterocycles. The number of carbonyl (C=O) groups is 1. The molecule has 1 aromatic heterocycles. The van der Waals surface area contributed by atoms with Crippen LogP contribution in [0.25, 0.3) is 0 Å². The molecule has 1 saturated heterocycles. The number of cyclic esters (lactones) is 1. The van der Waals surface area contributed by atoms with E-state index >= 15 is 0 Å². The van der Waals surface area contributed by atoms with Gasteiger partial charge in [0.2, 0.25) is 0 Å². The number of methoxy groups -OCH3 is 1. The number of hydrogen-bond acceptors (Lipinski definition) is 4. The van der Waals surface area contributed by atoms with Gasteiger partial charge < -0.3 is 9.47 Å². The van der Waals surface area contributed by atoms with E-state index in [1.807, 2.05) is 0 Å². The highest BCUT2D eigenvalue weighted by Crippen LogP contribution is 2.51. The van der Waals surface area contributed by atoms with Crippen LogP contribution in [0.2, 0.25) is 10.0 Å². The molecular weight excluding hydrogens is 301 g/mol. The van der Waals surface area contributed by atoms with Crippen LogP contribution in [0.5, 0.6) is 5.75 Å². The molecule has 1 aliphatic rings. The van der Waals surface area contributed by atoms with Gasteiger partial charge >= 0.3 is 5.97 Å². The van der Waals surface area contributed by atoms with Gasteiger partial charge in [-0.25, -0.2) is 4.79 Å². The van der Waals surface area contributed by atoms with Gasteiger partial charge in [0.15, 0.2) is 0 Å². The van der Waals surface area contributed by atoms with E-state index in [2.05, 4.69) is 4.98 Å². The molecule has 0 N–H and O–H groups in total. The summed E-state index contributed by atoms with van der Waals surface area (Å²) < 4.78 is 10.3. The maximum atomic E-state index is 11.9. The van der Waals surface area contributed by atoms with Crippen molar-refractivity contribution in [1.29, 1.82) is 0 Å². The topological polar surface area (TPSA) is 51.7 Å². The van der Waals surface area contributed by atoms with Crippen molar-refractivity contribution in [3.05, 3.63) is 57.8 Å². The Kier molecular flexibility index (Phi) is 3.07. The number of aromatic nitrogens is 1. The lowest BCUT2D eigenvalue weighted by atomic mass is 9.92. The highest BCUT2D eigenvalue weighted by Gasteiger charge is 2.63. The van der Waals surface area contributed by atoms with Crippen LogP contribution in [-0.2, 0) is 15.1 Å². The van der Waals surface area contributed by atoms with Gasteiger partial charge in [0, 0.05) is 18.0 Å². The summed E-state index contributed by atoms with van der Waals surface area (Å²) in [7, 11) is 1.57. The summed E-state index contributed by atoms with van der Waals surface area (Å²) in [6, 6.07) is 6.98. The summed E-state index contributed by atoms with van der Waals surface area (Å²) in [6.07, 6.45) is 2.87. The molecule has 0 amide bonds. The second-order valence-corrected chi connectivity index (χ2v) is 5.09. The van der Waals surface area contributed by atoms with Crippen molar-refractivity contribution >= 4 is 29.2 Å². The summed E-state index contributed by atoms with van der Waals surface area (Å²) in [5.74, 6) is 0.293. The Hall–Kier alpha value is -1.78. The number of hydrogen-bond donors (Lipinski definition) is 0. The maximum Gasteiger partial charge on any atom is 0.362 e. The van der Waals surface area contributed by atoms with Crippen LogP contribution < -0.4 is 4.74 Å². The Balaban J connectivity index is 2.15. The minimum Gasteiger partial charge on any atom is -0.497 e. The van der Waals surface area contributed by atoms with Crippen LogP contribution >= 0.6 is 23.2 Å². The van der Waals surface area contributed by atoms with Gasteiger partial charge in [-0.15, -0.1) is 0 Å². The van der Waals surface area contributed by atoms with Gasteiger partial charge in [-0.05, 0) is 12.1 Å². The van der Waals surface area contributed by atoms with Crippen LogP contribution in [0, 0.1) is 0 Å². The SMILES string of the molecule is COc1ccc(C2(c3c(Cl)cncc3Cl)OC2=O)cc1. The zero-order chi connectivity index (χ0) is 14.3. The predicted molar refractivity (Wildman–Crippen MR) is 74.1 cm³/mol. The minimum atomic E-state index is -1.23. The zero-order valence-electron chi connectivity index (χ0n) is 10.4. The third-order valence-electron chi connectivity index (χ3n) is 3.19. The Morgan fingerprint density at radius 1 is 1.15 bits per heavy atom. The number of epoxide rings is 1.